The molecular weight excluding hydrogens is 246 g/mol. The molecule has 0 fully saturated rings. The third-order valence-corrected chi connectivity index (χ3v) is 4.01. The first kappa shape index (κ1) is 11.2. The average Bonchev–Trinajstić information content (AvgIpc) is 2.68. The molecular formula is C18H13NO. The van der Waals surface area contributed by atoms with Crippen molar-refractivity contribution in [3.8, 4) is 0 Å². The van der Waals surface area contributed by atoms with Gasteiger partial charge in [0, 0.05) is 23.3 Å². The number of hydrogen-bond acceptors (Lipinski definition) is 1. The summed E-state index contributed by atoms with van der Waals surface area (Å²) in [6, 6.07) is 19.9. The number of benzene rings is 2. The molecule has 4 aromatic rings. The van der Waals surface area contributed by atoms with E-state index in [2.05, 4.69) is 10.6 Å². The highest BCUT2D eigenvalue weighted by atomic mass is 16.1. The Labute approximate surface area is 115 Å². The van der Waals surface area contributed by atoms with Crippen LogP contribution in [0.1, 0.15) is 0 Å². The van der Waals surface area contributed by atoms with Crippen LogP contribution in [0.4, 0.5) is 0 Å². The lowest BCUT2D eigenvalue weighted by Gasteiger charge is -1.95. The second kappa shape index (κ2) is 3.94. The van der Waals surface area contributed by atoms with Gasteiger partial charge >= 0.3 is 0 Å². The van der Waals surface area contributed by atoms with Crippen molar-refractivity contribution in [3.05, 3.63) is 70.9 Å². The predicted octanol–water partition coefficient (Wildman–Crippen LogP) is 3.84. The molecule has 2 nitrogen and oxygen atoms in total. The monoisotopic (exact) mass is 259 g/mol. The molecule has 0 N–H and O–H groups in total. The Morgan fingerprint density at radius 1 is 0.750 bits per heavy atom. The van der Waals surface area contributed by atoms with Gasteiger partial charge in [0.05, 0.1) is 10.9 Å². The highest BCUT2D eigenvalue weighted by molar-refractivity contribution is 6.10. The maximum absolute atomic E-state index is 12.9. The van der Waals surface area contributed by atoms with Crippen LogP contribution in [0.3, 0.4) is 0 Å². The minimum Gasteiger partial charge on any atom is -0.343 e. The molecule has 0 saturated heterocycles. The zero-order valence-corrected chi connectivity index (χ0v) is 11.1. The first-order valence-corrected chi connectivity index (χ1v) is 6.66. The summed E-state index contributed by atoms with van der Waals surface area (Å²) >= 11 is 0. The highest BCUT2D eigenvalue weighted by Crippen LogP contribution is 2.26. The summed E-state index contributed by atoms with van der Waals surface area (Å²) in [6.07, 6.45) is 0. The lowest BCUT2D eigenvalue weighted by atomic mass is 10.1. The van der Waals surface area contributed by atoms with Crippen molar-refractivity contribution in [2.75, 3.05) is 0 Å². The van der Waals surface area contributed by atoms with Gasteiger partial charge in [0.2, 0.25) is 0 Å². The maximum Gasteiger partial charge on any atom is 0.196 e. The van der Waals surface area contributed by atoms with Gasteiger partial charge in [-0.05, 0) is 17.5 Å². The van der Waals surface area contributed by atoms with Crippen molar-refractivity contribution in [1.29, 1.82) is 0 Å². The van der Waals surface area contributed by atoms with E-state index in [0.29, 0.717) is 0 Å². The fraction of sp³-hybridized carbons (Fsp3) is 0.0556. The SMILES string of the molecule is Cn1c2ccccc2c2c(=O)c3ccccc3ccc21. The van der Waals surface area contributed by atoms with Gasteiger partial charge in [-0.3, -0.25) is 4.79 Å². The standard InChI is InChI=1S/C18H13NO/c1-19-15-9-5-4-8-14(15)17-16(19)11-10-12-6-2-3-7-13(12)18(17)20/h2-11H,1H3. The van der Waals surface area contributed by atoms with Crippen LogP contribution < -0.4 is 5.43 Å². The van der Waals surface area contributed by atoms with Crippen molar-refractivity contribution >= 4 is 32.6 Å². The van der Waals surface area contributed by atoms with Gasteiger partial charge in [-0.1, -0.05) is 48.5 Å². The van der Waals surface area contributed by atoms with Crippen LogP contribution in [0, 0.1) is 0 Å². The minimum absolute atomic E-state index is 0.109. The number of nitrogens with zero attached hydrogens (tertiary/aromatic N) is 1. The minimum atomic E-state index is 0.109. The lowest BCUT2D eigenvalue weighted by molar-refractivity contribution is 1.01. The van der Waals surface area contributed by atoms with E-state index in [1.54, 1.807) is 0 Å². The quantitative estimate of drug-likeness (QED) is 0.470. The van der Waals surface area contributed by atoms with Crippen LogP contribution >= 0.6 is 0 Å². The molecule has 0 radical (unpaired) electrons. The molecule has 0 saturated carbocycles. The molecule has 1 aromatic heterocycles. The van der Waals surface area contributed by atoms with E-state index in [0.717, 1.165) is 32.6 Å². The van der Waals surface area contributed by atoms with Gasteiger partial charge < -0.3 is 4.57 Å². The summed E-state index contributed by atoms with van der Waals surface area (Å²) in [4.78, 5) is 12.9. The molecule has 20 heavy (non-hydrogen) atoms. The first-order chi connectivity index (χ1) is 9.77. The summed E-state index contributed by atoms with van der Waals surface area (Å²) < 4.78 is 2.09. The van der Waals surface area contributed by atoms with Crippen LogP contribution in [-0.2, 0) is 7.05 Å². The summed E-state index contributed by atoms with van der Waals surface area (Å²) in [7, 11) is 2.01. The first-order valence-electron chi connectivity index (χ1n) is 6.66. The third kappa shape index (κ3) is 1.36. The molecule has 0 bridgehead atoms. The summed E-state index contributed by atoms with van der Waals surface area (Å²) in [5.74, 6) is 0. The van der Waals surface area contributed by atoms with Gasteiger partial charge in [-0.2, -0.15) is 0 Å². The molecule has 0 unspecified atom stereocenters. The molecule has 0 amide bonds. The average molecular weight is 259 g/mol. The zero-order chi connectivity index (χ0) is 13.7. The van der Waals surface area contributed by atoms with Crippen LogP contribution in [0.15, 0.2) is 65.5 Å². The van der Waals surface area contributed by atoms with Gasteiger partial charge in [0.25, 0.3) is 0 Å². The predicted molar refractivity (Wildman–Crippen MR) is 84.2 cm³/mol. The van der Waals surface area contributed by atoms with Crippen molar-refractivity contribution in [2.45, 2.75) is 0 Å². The Bertz CT molecular complexity index is 1030. The second-order valence-corrected chi connectivity index (χ2v) is 5.09. The Balaban J connectivity index is 2.43. The fourth-order valence-corrected chi connectivity index (χ4v) is 3.00. The Kier molecular flexibility index (Phi) is 2.21. The molecule has 3 aromatic carbocycles. The zero-order valence-electron chi connectivity index (χ0n) is 11.1. The molecule has 0 atom stereocenters. The number of hydrogen-bond donors (Lipinski definition) is 0. The number of fused-ring (bicyclic) bond motifs is 4. The van der Waals surface area contributed by atoms with Crippen LogP contribution in [0.25, 0.3) is 32.6 Å². The van der Waals surface area contributed by atoms with Crippen molar-refractivity contribution in [3.63, 3.8) is 0 Å². The maximum atomic E-state index is 12.9. The number of aryl methyl sites for hydroxylation is 1. The normalized spacial score (nSPS) is 11.4. The fourth-order valence-electron chi connectivity index (χ4n) is 3.00. The van der Waals surface area contributed by atoms with Crippen molar-refractivity contribution in [1.82, 2.24) is 4.57 Å². The van der Waals surface area contributed by atoms with E-state index >= 15 is 0 Å². The number of aromatic nitrogens is 1. The van der Waals surface area contributed by atoms with Crippen LogP contribution in [-0.4, -0.2) is 4.57 Å². The van der Waals surface area contributed by atoms with E-state index in [9.17, 15) is 4.79 Å². The Hall–Kier alpha value is -2.61. The van der Waals surface area contributed by atoms with E-state index in [4.69, 9.17) is 0 Å². The van der Waals surface area contributed by atoms with Crippen molar-refractivity contribution in [2.24, 2.45) is 7.05 Å². The summed E-state index contributed by atoms with van der Waals surface area (Å²) in [5, 5.41) is 3.59. The molecule has 0 aliphatic carbocycles. The van der Waals surface area contributed by atoms with E-state index in [1.165, 1.54) is 0 Å². The summed E-state index contributed by atoms with van der Waals surface area (Å²) in [6.45, 7) is 0. The molecule has 96 valence electrons. The topological polar surface area (TPSA) is 22.0 Å². The van der Waals surface area contributed by atoms with Gasteiger partial charge in [-0.15, -0.1) is 0 Å². The number of rotatable bonds is 0. The summed E-state index contributed by atoms with van der Waals surface area (Å²) in [5.41, 5.74) is 2.18. The number of para-hydroxylation sites is 1. The molecule has 0 spiro atoms. The largest absolute Gasteiger partial charge is 0.343 e. The molecule has 4 rings (SSSR count). The van der Waals surface area contributed by atoms with E-state index in [-0.39, 0.29) is 5.43 Å². The lowest BCUT2D eigenvalue weighted by Crippen LogP contribution is -1.97. The van der Waals surface area contributed by atoms with Crippen LogP contribution in [0.5, 0.6) is 0 Å². The molecule has 0 aliphatic rings. The molecule has 2 heteroatoms. The Morgan fingerprint density at radius 2 is 1.45 bits per heavy atom. The van der Waals surface area contributed by atoms with Gasteiger partial charge in [0.1, 0.15) is 0 Å². The van der Waals surface area contributed by atoms with E-state index in [1.807, 2.05) is 61.6 Å². The second-order valence-electron chi connectivity index (χ2n) is 5.09. The molecule has 0 aliphatic heterocycles. The smallest absolute Gasteiger partial charge is 0.196 e. The van der Waals surface area contributed by atoms with Crippen LogP contribution in [0.2, 0.25) is 0 Å². The van der Waals surface area contributed by atoms with E-state index < -0.39 is 0 Å². The molecule has 1 heterocycles. The Morgan fingerprint density at radius 3 is 2.30 bits per heavy atom. The van der Waals surface area contributed by atoms with Crippen molar-refractivity contribution < 1.29 is 0 Å². The van der Waals surface area contributed by atoms with Gasteiger partial charge in [0.15, 0.2) is 5.43 Å². The third-order valence-electron chi connectivity index (χ3n) is 4.01. The van der Waals surface area contributed by atoms with Gasteiger partial charge in [-0.25, -0.2) is 0 Å². The highest BCUT2D eigenvalue weighted by Gasteiger charge is 2.11.